The highest BCUT2D eigenvalue weighted by Gasteiger charge is 2.14. The number of nitrogens with zero attached hydrogens (tertiary/aromatic N) is 1. The van der Waals surface area contributed by atoms with E-state index in [4.69, 9.17) is 5.11 Å². The van der Waals surface area contributed by atoms with Gasteiger partial charge in [-0.2, -0.15) is 0 Å². The van der Waals surface area contributed by atoms with Gasteiger partial charge < -0.3 is 10.4 Å². The number of carboxylic acid groups (broad SMARTS) is 1. The summed E-state index contributed by atoms with van der Waals surface area (Å²) in [5.74, 6) is -2.88. The minimum Gasteiger partial charge on any atom is -0.478 e. The van der Waals surface area contributed by atoms with Crippen molar-refractivity contribution >= 4 is 11.8 Å². The minimum atomic E-state index is -1.37. The Balaban J connectivity index is 2.16. The molecule has 0 atom stereocenters. The van der Waals surface area contributed by atoms with Crippen LogP contribution in [0.3, 0.4) is 0 Å². The highest BCUT2D eigenvalue weighted by molar-refractivity contribution is 5.88. The second-order valence-corrected chi connectivity index (χ2v) is 3.81. The molecule has 0 saturated carbocycles. The van der Waals surface area contributed by atoms with Crippen LogP contribution in [0.1, 0.15) is 15.9 Å². The molecule has 1 aromatic carbocycles. The molecule has 0 spiro atoms. The average molecular weight is 264 g/mol. The highest BCUT2D eigenvalue weighted by Crippen LogP contribution is 2.16. The molecule has 0 fully saturated rings. The average Bonchev–Trinajstić information content (AvgIpc) is 2.37. The number of hydrogen-bond donors (Lipinski definition) is 2. The largest absolute Gasteiger partial charge is 0.478 e. The zero-order valence-corrected chi connectivity index (χ0v) is 9.73. The summed E-state index contributed by atoms with van der Waals surface area (Å²) in [7, 11) is 0. The molecule has 1 heterocycles. The fourth-order valence-corrected chi connectivity index (χ4v) is 1.56. The number of aromatic nitrogens is 1. The third-order valence-corrected chi connectivity index (χ3v) is 2.47. The van der Waals surface area contributed by atoms with Crippen molar-refractivity contribution in [3.8, 4) is 0 Å². The van der Waals surface area contributed by atoms with Crippen LogP contribution in [0.15, 0.2) is 36.5 Å². The maximum absolute atomic E-state index is 13.7. The predicted octanol–water partition coefficient (Wildman–Crippen LogP) is 2.67. The van der Waals surface area contributed by atoms with Crippen LogP contribution < -0.4 is 5.32 Å². The zero-order valence-electron chi connectivity index (χ0n) is 9.73. The number of pyridine rings is 1. The van der Waals surface area contributed by atoms with Gasteiger partial charge in [-0.25, -0.2) is 18.6 Å². The molecule has 0 aliphatic carbocycles. The van der Waals surface area contributed by atoms with Crippen LogP contribution in [0, 0.1) is 11.6 Å². The lowest BCUT2D eigenvalue weighted by Crippen LogP contribution is -2.08. The third-order valence-electron chi connectivity index (χ3n) is 2.47. The van der Waals surface area contributed by atoms with E-state index in [0.717, 1.165) is 6.07 Å². The van der Waals surface area contributed by atoms with Crippen molar-refractivity contribution < 1.29 is 18.7 Å². The molecular formula is C13H10F2N2O2. The maximum atomic E-state index is 13.7. The van der Waals surface area contributed by atoms with Crippen LogP contribution in [0.4, 0.5) is 14.6 Å². The van der Waals surface area contributed by atoms with E-state index >= 15 is 0 Å². The second kappa shape index (κ2) is 5.43. The van der Waals surface area contributed by atoms with Gasteiger partial charge >= 0.3 is 5.97 Å². The predicted molar refractivity (Wildman–Crippen MR) is 64.9 cm³/mol. The summed E-state index contributed by atoms with van der Waals surface area (Å²) in [5.41, 5.74) is 0.138. The van der Waals surface area contributed by atoms with E-state index in [9.17, 15) is 13.6 Å². The Morgan fingerprint density at radius 2 is 2.11 bits per heavy atom. The number of aromatic carboxylic acids is 1. The first kappa shape index (κ1) is 12.9. The van der Waals surface area contributed by atoms with Crippen LogP contribution in [0.2, 0.25) is 0 Å². The lowest BCUT2D eigenvalue weighted by Gasteiger charge is -2.08. The molecule has 0 amide bonds. The van der Waals surface area contributed by atoms with Crippen molar-refractivity contribution in [1.29, 1.82) is 0 Å². The van der Waals surface area contributed by atoms with Gasteiger partial charge in [-0.05, 0) is 23.8 Å². The van der Waals surface area contributed by atoms with Gasteiger partial charge in [0.2, 0.25) is 0 Å². The van der Waals surface area contributed by atoms with Crippen molar-refractivity contribution in [2.45, 2.75) is 6.54 Å². The second-order valence-electron chi connectivity index (χ2n) is 3.81. The Kier molecular flexibility index (Phi) is 3.70. The van der Waals surface area contributed by atoms with E-state index in [1.165, 1.54) is 24.4 Å². The first-order chi connectivity index (χ1) is 9.08. The minimum absolute atomic E-state index is 0.144. The van der Waals surface area contributed by atoms with Gasteiger partial charge in [-0.1, -0.05) is 12.1 Å². The maximum Gasteiger partial charge on any atom is 0.338 e. The molecule has 1 aromatic heterocycles. The molecule has 0 unspecified atom stereocenters. The van der Waals surface area contributed by atoms with Crippen LogP contribution >= 0.6 is 0 Å². The van der Waals surface area contributed by atoms with Gasteiger partial charge in [0.25, 0.3) is 0 Å². The molecule has 98 valence electrons. The van der Waals surface area contributed by atoms with Gasteiger partial charge in [0, 0.05) is 12.7 Å². The summed E-state index contributed by atoms with van der Waals surface area (Å²) in [6, 6.07) is 6.86. The van der Waals surface area contributed by atoms with Crippen molar-refractivity contribution in [3.05, 3.63) is 59.3 Å². The van der Waals surface area contributed by atoms with E-state index in [1.54, 1.807) is 6.07 Å². The highest BCUT2D eigenvalue weighted by atomic mass is 19.1. The molecule has 2 N–H and O–H groups in total. The number of hydrogen-bond acceptors (Lipinski definition) is 3. The lowest BCUT2D eigenvalue weighted by molar-refractivity contribution is 0.0692. The van der Waals surface area contributed by atoms with Crippen LogP contribution in [0.5, 0.6) is 0 Å². The first-order valence-corrected chi connectivity index (χ1v) is 5.44. The Bertz CT molecular complexity index is 617. The molecule has 2 rings (SSSR count). The van der Waals surface area contributed by atoms with Crippen LogP contribution in [-0.4, -0.2) is 16.1 Å². The molecule has 0 radical (unpaired) electrons. The Morgan fingerprint density at radius 3 is 2.79 bits per heavy atom. The Labute approximate surface area is 107 Å². The molecule has 0 aliphatic rings. The number of anilines is 1. The SMILES string of the molecule is O=C(O)c1ccnc(NCc2cccc(F)c2)c1F. The summed E-state index contributed by atoms with van der Waals surface area (Å²) in [6.07, 6.45) is 1.19. The van der Waals surface area contributed by atoms with Gasteiger partial charge in [0.05, 0.1) is 0 Å². The summed E-state index contributed by atoms with van der Waals surface area (Å²) < 4.78 is 26.7. The summed E-state index contributed by atoms with van der Waals surface area (Å²) >= 11 is 0. The summed E-state index contributed by atoms with van der Waals surface area (Å²) in [4.78, 5) is 14.5. The number of benzene rings is 1. The number of carboxylic acids is 1. The smallest absolute Gasteiger partial charge is 0.338 e. The summed E-state index contributed by atoms with van der Waals surface area (Å²) in [5, 5.41) is 11.4. The molecule has 0 bridgehead atoms. The van der Waals surface area contributed by atoms with Crippen LogP contribution in [-0.2, 0) is 6.54 Å². The van der Waals surface area contributed by atoms with E-state index in [1.807, 2.05) is 0 Å². The lowest BCUT2D eigenvalue weighted by atomic mass is 10.2. The fourth-order valence-electron chi connectivity index (χ4n) is 1.56. The number of nitrogens with one attached hydrogen (secondary N) is 1. The quantitative estimate of drug-likeness (QED) is 0.891. The van der Waals surface area contributed by atoms with E-state index in [0.29, 0.717) is 5.56 Å². The number of rotatable bonds is 4. The monoisotopic (exact) mass is 264 g/mol. The molecule has 4 nitrogen and oxygen atoms in total. The van der Waals surface area contributed by atoms with E-state index in [2.05, 4.69) is 10.3 Å². The Morgan fingerprint density at radius 1 is 1.32 bits per heavy atom. The normalized spacial score (nSPS) is 10.2. The van der Waals surface area contributed by atoms with Gasteiger partial charge in [0.1, 0.15) is 11.4 Å². The Hall–Kier alpha value is -2.50. The molecule has 19 heavy (non-hydrogen) atoms. The van der Waals surface area contributed by atoms with E-state index in [-0.39, 0.29) is 12.4 Å². The molecule has 2 aromatic rings. The van der Waals surface area contributed by atoms with Crippen molar-refractivity contribution in [1.82, 2.24) is 4.98 Å². The number of halogens is 2. The summed E-state index contributed by atoms with van der Waals surface area (Å²) in [6.45, 7) is 0.144. The zero-order chi connectivity index (χ0) is 13.8. The molecular weight excluding hydrogens is 254 g/mol. The fraction of sp³-hybridized carbons (Fsp3) is 0.0769. The third kappa shape index (κ3) is 3.04. The van der Waals surface area contributed by atoms with Crippen LogP contribution in [0.25, 0.3) is 0 Å². The van der Waals surface area contributed by atoms with Gasteiger partial charge in [0.15, 0.2) is 11.6 Å². The van der Waals surface area contributed by atoms with Gasteiger partial charge in [-0.3, -0.25) is 0 Å². The van der Waals surface area contributed by atoms with Crippen molar-refractivity contribution in [3.63, 3.8) is 0 Å². The standard InChI is InChI=1S/C13H10F2N2O2/c14-9-3-1-2-8(6-9)7-17-12-11(15)10(13(18)19)4-5-16-12/h1-6H,7H2,(H,16,17)(H,18,19). The topological polar surface area (TPSA) is 62.2 Å². The molecule has 6 heteroatoms. The first-order valence-electron chi connectivity index (χ1n) is 5.44. The molecule has 0 saturated heterocycles. The number of carbonyl (C=O) groups is 1. The van der Waals surface area contributed by atoms with E-state index < -0.39 is 23.2 Å². The van der Waals surface area contributed by atoms with Crippen molar-refractivity contribution in [2.75, 3.05) is 5.32 Å². The van der Waals surface area contributed by atoms with Crippen molar-refractivity contribution in [2.24, 2.45) is 0 Å². The van der Waals surface area contributed by atoms with Gasteiger partial charge in [-0.15, -0.1) is 0 Å². The molecule has 0 aliphatic heterocycles.